The van der Waals surface area contributed by atoms with Crippen LogP contribution in [0.5, 0.6) is 0 Å². The predicted octanol–water partition coefficient (Wildman–Crippen LogP) is 1.69. The summed E-state index contributed by atoms with van der Waals surface area (Å²) < 4.78 is 29.4. The normalized spacial score (nSPS) is 43.0. The molecule has 2 aliphatic heterocycles. The second-order valence-electron chi connectivity index (χ2n) is 10.5. The number of rotatable bonds is 6. The van der Waals surface area contributed by atoms with Gasteiger partial charge in [-0.15, -0.1) is 0 Å². The Labute approximate surface area is 193 Å². The Kier molecular flexibility index (Phi) is 5.90. The topological polar surface area (TPSA) is 121 Å². The van der Waals surface area contributed by atoms with Crippen molar-refractivity contribution in [3.05, 3.63) is 11.6 Å². The van der Waals surface area contributed by atoms with Gasteiger partial charge in [0, 0.05) is 26.7 Å². The Balaban J connectivity index is 1.79. The minimum atomic E-state index is -1.11. The number of carbonyl (C=O) groups excluding carboxylic acids is 3. The predicted molar refractivity (Wildman–Crippen MR) is 114 cm³/mol. The van der Waals surface area contributed by atoms with Crippen molar-refractivity contribution in [1.29, 1.82) is 0 Å². The Morgan fingerprint density at radius 1 is 1.21 bits per heavy atom. The molecule has 33 heavy (non-hydrogen) atoms. The fraction of sp³-hybridized carbons (Fsp3) is 0.792. The smallest absolute Gasteiger partial charge is 0.306 e. The lowest BCUT2D eigenvalue weighted by Crippen LogP contribution is -2.68. The van der Waals surface area contributed by atoms with Crippen LogP contribution in [0.15, 0.2) is 11.6 Å². The highest BCUT2D eigenvalue weighted by Gasteiger charge is 2.86. The third-order valence-electron chi connectivity index (χ3n) is 8.00. The first-order valence-electron chi connectivity index (χ1n) is 11.5. The first-order valence-corrected chi connectivity index (χ1v) is 11.5. The zero-order chi connectivity index (χ0) is 24.3. The summed E-state index contributed by atoms with van der Waals surface area (Å²) in [5.74, 6) is -1.18. The molecule has 4 rings (SSSR count). The molecule has 0 radical (unpaired) electrons. The minimum absolute atomic E-state index is 0.0617. The van der Waals surface area contributed by atoms with E-state index in [0.29, 0.717) is 6.61 Å². The van der Waals surface area contributed by atoms with Crippen molar-refractivity contribution in [3.8, 4) is 0 Å². The van der Waals surface area contributed by atoms with Crippen LogP contribution in [0.1, 0.15) is 54.4 Å². The lowest BCUT2D eigenvalue weighted by molar-refractivity contribution is -0.241. The number of esters is 3. The molecule has 2 aliphatic carbocycles. The van der Waals surface area contributed by atoms with Crippen molar-refractivity contribution < 1.29 is 43.2 Å². The Morgan fingerprint density at radius 2 is 1.88 bits per heavy atom. The number of hydrogen-bond acceptors (Lipinski definition) is 9. The second-order valence-corrected chi connectivity index (χ2v) is 10.5. The zero-order valence-electron chi connectivity index (χ0n) is 20.1. The third-order valence-corrected chi connectivity index (χ3v) is 8.00. The SMILES string of the molecule is CC(=O)OC[C@]12C[C@H](OC(=O)CC(C)C)C(C)=C[C@@H]1O[C@H]1[C@@H](O)[C@@H](OC(C)=O)[C@]2(C)[C@]12CO2. The minimum Gasteiger partial charge on any atom is -0.465 e. The van der Waals surface area contributed by atoms with Crippen LogP contribution in [-0.2, 0) is 38.1 Å². The maximum Gasteiger partial charge on any atom is 0.306 e. The van der Waals surface area contributed by atoms with Gasteiger partial charge in [0.15, 0.2) is 0 Å². The van der Waals surface area contributed by atoms with Crippen LogP contribution in [0.3, 0.4) is 0 Å². The molecule has 184 valence electrons. The highest BCUT2D eigenvalue weighted by molar-refractivity contribution is 5.70. The fourth-order valence-corrected chi connectivity index (χ4v) is 6.26. The molecule has 0 aromatic carbocycles. The zero-order valence-corrected chi connectivity index (χ0v) is 20.1. The first-order chi connectivity index (χ1) is 15.4. The van der Waals surface area contributed by atoms with E-state index < -0.39 is 58.9 Å². The average molecular weight is 467 g/mol. The summed E-state index contributed by atoms with van der Waals surface area (Å²) in [5.41, 5.74) is -2.00. The van der Waals surface area contributed by atoms with Crippen molar-refractivity contribution in [1.82, 2.24) is 0 Å². The Hall–Kier alpha value is -1.97. The molecule has 1 N–H and O–H groups in total. The van der Waals surface area contributed by atoms with Gasteiger partial charge >= 0.3 is 17.9 Å². The Bertz CT molecular complexity index is 875. The van der Waals surface area contributed by atoms with Gasteiger partial charge in [-0.3, -0.25) is 14.4 Å². The summed E-state index contributed by atoms with van der Waals surface area (Å²) in [5, 5.41) is 11.2. The maximum atomic E-state index is 12.5. The van der Waals surface area contributed by atoms with Gasteiger partial charge in [-0.05, 0) is 18.4 Å². The van der Waals surface area contributed by atoms with Crippen molar-refractivity contribution >= 4 is 17.9 Å². The van der Waals surface area contributed by atoms with Crippen LogP contribution in [0.4, 0.5) is 0 Å². The summed E-state index contributed by atoms with van der Waals surface area (Å²) in [4.78, 5) is 36.4. The molecule has 2 heterocycles. The van der Waals surface area contributed by atoms with E-state index in [1.807, 2.05) is 33.8 Å². The van der Waals surface area contributed by atoms with Crippen molar-refractivity contribution in [3.63, 3.8) is 0 Å². The van der Waals surface area contributed by atoms with Gasteiger partial charge in [-0.2, -0.15) is 0 Å². The van der Waals surface area contributed by atoms with Crippen molar-refractivity contribution in [2.24, 2.45) is 16.7 Å². The summed E-state index contributed by atoms with van der Waals surface area (Å²) in [6.45, 7) is 10.5. The van der Waals surface area contributed by atoms with E-state index in [0.717, 1.165) is 5.57 Å². The number of hydrogen-bond donors (Lipinski definition) is 1. The van der Waals surface area contributed by atoms with E-state index in [2.05, 4.69) is 0 Å². The molecule has 9 nitrogen and oxygen atoms in total. The molecule has 0 aromatic rings. The van der Waals surface area contributed by atoms with E-state index >= 15 is 0 Å². The second kappa shape index (κ2) is 8.06. The van der Waals surface area contributed by atoms with Crippen LogP contribution in [0.25, 0.3) is 0 Å². The van der Waals surface area contributed by atoms with Gasteiger partial charge in [0.2, 0.25) is 0 Å². The molecule has 0 unspecified atom stereocenters. The molecule has 3 fully saturated rings. The number of carbonyl (C=O) groups is 3. The van der Waals surface area contributed by atoms with Crippen LogP contribution in [0, 0.1) is 16.7 Å². The lowest BCUT2D eigenvalue weighted by atomic mass is 9.51. The largest absolute Gasteiger partial charge is 0.465 e. The molecule has 2 bridgehead atoms. The molecule has 8 atom stereocenters. The van der Waals surface area contributed by atoms with Crippen molar-refractivity contribution in [2.45, 2.75) is 90.5 Å². The van der Waals surface area contributed by atoms with E-state index in [1.54, 1.807) is 0 Å². The van der Waals surface area contributed by atoms with Gasteiger partial charge in [0.25, 0.3) is 0 Å². The first kappa shape index (κ1) is 24.2. The lowest BCUT2D eigenvalue weighted by Gasteiger charge is -2.58. The maximum absolute atomic E-state index is 12.5. The quantitative estimate of drug-likeness (QED) is 0.270. The molecular formula is C24H34O9. The van der Waals surface area contributed by atoms with Gasteiger partial charge in [0.1, 0.15) is 36.6 Å². The summed E-state index contributed by atoms with van der Waals surface area (Å²) in [6.07, 6.45) is -1.46. The average Bonchev–Trinajstić information content (AvgIpc) is 3.48. The van der Waals surface area contributed by atoms with Crippen LogP contribution in [0.2, 0.25) is 0 Å². The number of aliphatic hydroxyl groups is 1. The van der Waals surface area contributed by atoms with Gasteiger partial charge in [-0.25, -0.2) is 0 Å². The van der Waals surface area contributed by atoms with Gasteiger partial charge in [0.05, 0.1) is 23.5 Å². The monoisotopic (exact) mass is 466 g/mol. The number of fused-ring (bicyclic) bond motifs is 2. The molecule has 1 saturated carbocycles. The Morgan fingerprint density at radius 3 is 2.42 bits per heavy atom. The van der Waals surface area contributed by atoms with E-state index in [-0.39, 0.29) is 31.3 Å². The van der Waals surface area contributed by atoms with E-state index in [4.69, 9.17) is 23.7 Å². The van der Waals surface area contributed by atoms with Crippen LogP contribution >= 0.6 is 0 Å². The van der Waals surface area contributed by atoms with Crippen molar-refractivity contribution in [2.75, 3.05) is 13.2 Å². The van der Waals surface area contributed by atoms with E-state index in [9.17, 15) is 19.5 Å². The standard InChI is InChI=1S/C24H34O9/c1-12(2)7-18(27)32-16-9-23(10-29-14(4)25)17(8-13(16)3)33-21-19(28)20(31-15(5)26)22(23,6)24(21)11-30-24/h8,12,16-17,19-21,28H,7,9-11H2,1-6H3/t16-,17-,19-,20+,21-,22-,23+,24-/m0/s1. The van der Waals surface area contributed by atoms with Crippen LogP contribution in [-0.4, -0.2) is 72.3 Å². The molecule has 4 aliphatic rings. The summed E-state index contributed by atoms with van der Waals surface area (Å²) in [7, 11) is 0. The molecular weight excluding hydrogens is 432 g/mol. The molecule has 9 heteroatoms. The van der Waals surface area contributed by atoms with Crippen LogP contribution < -0.4 is 0 Å². The van der Waals surface area contributed by atoms with E-state index in [1.165, 1.54) is 13.8 Å². The third kappa shape index (κ3) is 3.51. The summed E-state index contributed by atoms with van der Waals surface area (Å²) in [6, 6.07) is 0. The molecule has 0 amide bonds. The highest BCUT2D eigenvalue weighted by Crippen LogP contribution is 2.72. The van der Waals surface area contributed by atoms with Gasteiger partial charge < -0.3 is 28.8 Å². The molecule has 0 aromatic heterocycles. The summed E-state index contributed by atoms with van der Waals surface area (Å²) >= 11 is 0. The fourth-order valence-electron chi connectivity index (χ4n) is 6.26. The number of epoxide rings is 1. The highest BCUT2D eigenvalue weighted by atomic mass is 16.7. The number of aliphatic hydroxyl groups excluding tert-OH is 1. The molecule has 1 spiro atoms. The van der Waals surface area contributed by atoms with Gasteiger partial charge in [-0.1, -0.05) is 26.8 Å². The molecule has 2 saturated heterocycles. The number of ether oxygens (including phenoxy) is 5.